The molecule has 0 unspecified atom stereocenters. The molecule has 0 bridgehead atoms. The van der Waals surface area contributed by atoms with Crippen LogP contribution in [0.15, 0.2) is 0 Å². The van der Waals surface area contributed by atoms with Gasteiger partial charge in [0.15, 0.2) is 0 Å². The highest BCUT2D eigenvalue weighted by Gasteiger charge is 2.22. The van der Waals surface area contributed by atoms with Gasteiger partial charge in [0.05, 0.1) is 0 Å². The van der Waals surface area contributed by atoms with Crippen LogP contribution in [0, 0.1) is 0 Å². The highest BCUT2D eigenvalue weighted by molar-refractivity contribution is 4.84. The molecule has 0 aromatic rings. The van der Waals surface area contributed by atoms with Gasteiger partial charge in [-0.3, -0.25) is 0 Å². The Labute approximate surface area is 81.0 Å². The molecule has 13 heavy (non-hydrogen) atoms. The fourth-order valence-electron chi connectivity index (χ4n) is 1.57. The summed E-state index contributed by atoms with van der Waals surface area (Å²) >= 11 is 0. The van der Waals surface area contributed by atoms with Gasteiger partial charge in [-0.25, -0.2) is 0 Å². The summed E-state index contributed by atoms with van der Waals surface area (Å²) in [7, 11) is 0. The van der Waals surface area contributed by atoms with Gasteiger partial charge in [0, 0.05) is 5.54 Å². The molecule has 0 aliphatic carbocycles. The molecular weight excluding hydrogens is 164 g/mol. The summed E-state index contributed by atoms with van der Waals surface area (Å²) in [6.45, 7) is 2.05. The van der Waals surface area contributed by atoms with Crippen molar-refractivity contribution in [1.29, 1.82) is 0 Å². The Morgan fingerprint density at radius 3 is 1.46 bits per heavy atom. The summed E-state index contributed by atoms with van der Waals surface area (Å²) < 4.78 is 0. The molecule has 0 aliphatic heterocycles. The number of nitrogens with two attached hydrogens (primary N) is 4. The molecule has 0 saturated carbocycles. The summed E-state index contributed by atoms with van der Waals surface area (Å²) in [5.74, 6) is 0. The second kappa shape index (κ2) is 7.26. The normalized spacial score (nSPS) is 12.0. The van der Waals surface area contributed by atoms with Crippen LogP contribution in [0.4, 0.5) is 0 Å². The van der Waals surface area contributed by atoms with Crippen molar-refractivity contribution >= 4 is 0 Å². The van der Waals surface area contributed by atoms with Crippen molar-refractivity contribution in [2.45, 2.75) is 37.6 Å². The van der Waals surface area contributed by atoms with Crippen LogP contribution >= 0.6 is 0 Å². The lowest BCUT2D eigenvalue weighted by molar-refractivity contribution is 0.331. The van der Waals surface area contributed by atoms with Crippen LogP contribution in [-0.2, 0) is 0 Å². The van der Waals surface area contributed by atoms with Gasteiger partial charge in [0.1, 0.15) is 0 Å². The van der Waals surface area contributed by atoms with Crippen molar-refractivity contribution in [2.24, 2.45) is 22.9 Å². The van der Waals surface area contributed by atoms with E-state index in [2.05, 4.69) is 0 Å². The maximum atomic E-state index is 6.19. The Morgan fingerprint density at radius 2 is 1.15 bits per heavy atom. The third-order valence-electron chi connectivity index (χ3n) is 2.40. The van der Waals surface area contributed by atoms with Crippen molar-refractivity contribution in [2.75, 3.05) is 19.6 Å². The second-order valence-corrected chi connectivity index (χ2v) is 3.69. The fraction of sp³-hybridized carbons (Fsp3) is 1.00. The molecule has 80 valence electrons. The number of rotatable bonds is 8. The molecule has 0 radical (unpaired) electrons. The highest BCUT2D eigenvalue weighted by Crippen LogP contribution is 2.19. The molecular formula is C9H24N4. The van der Waals surface area contributed by atoms with E-state index in [1.165, 1.54) is 0 Å². The first-order valence-corrected chi connectivity index (χ1v) is 5.07. The molecule has 0 aromatic heterocycles. The first-order chi connectivity index (χ1) is 6.18. The molecule has 4 heteroatoms. The van der Waals surface area contributed by atoms with E-state index in [4.69, 9.17) is 22.9 Å². The summed E-state index contributed by atoms with van der Waals surface area (Å²) in [6.07, 6.45) is 4.73. The van der Waals surface area contributed by atoms with Crippen molar-refractivity contribution in [3.63, 3.8) is 0 Å². The first kappa shape index (κ1) is 12.8. The van der Waals surface area contributed by atoms with Gasteiger partial charge in [-0.15, -0.1) is 0 Å². The van der Waals surface area contributed by atoms with E-state index in [1.807, 2.05) is 0 Å². The van der Waals surface area contributed by atoms with Crippen LogP contribution in [0.25, 0.3) is 0 Å². The molecule has 0 saturated heterocycles. The lowest BCUT2D eigenvalue weighted by Crippen LogP contribution is -2.42. The summed E-state index contributed by atoms with van der Waals surface area (Å²) in [5, 5.41) is 0. The van der Waals surface area contributed by atoms with Gasteiger partial charge in [0.25, 0.3) is 0 Å². The van der Waals surface area contributed by atoms with E-state index in [1.54, 1.807) is 0 Å². The Kier molecular flexibility index (Phi) is 7.17. The van der Waals surface area contributed by atoms with Gasteiger partial charge >= 0.3 is 0 Å². The average molecular weight is 188 g/mol. The minimum atomic E-state index is -0.131. The van der Waals surface area contributed by atoms with E-state index in [-0.39, 0.29) is 5.54 Å². The third kappa shape index (κ3) is 5.99. The van der Waals surface area contributed by atoms with E-state index < -0.39 is 0 Å². The molecule has 8 N–H and O–H groups in total. The third-order valence-corrected chi connectivity index (χ3v) is 2.40. The Bertz CT molecular complexity index is 108. The lowest BCUT2D eigenvalue weighted by Gasteiger charge is -2.29. The van der Waals surface area contributed by atoms with Crippen LogP contribution in [0.2, 0.25) is 0 Å². The molecule has 0 fully saturated rings. The van der Waals surface area contributed by atoms with Crippen molar-refractivity contribution in [3.8, 4) is 0 Å². The van der Waals surface area contributed by atoms with E-state index in [0.717, 1.165) is 32.1 Å². The Morgan fingerprint density at radius 1 is 0.692 bits per heavy atom. The van der Waals surface area contributed by atoms with Gasteiger partial charge in [0.2, 0.25) is 0 Å². The monoisotopic (exact) mass is 188 g/mol. The molecule has 0 heterocycles. The van der Waals surface area contributed by atoms with Gasteiger partial charge in [-0.1, -0.05) is 0 Å². The topological polar surface area (TPSA) is 104 Å². The zero-order chi connectivity index (χ0) is 10.2. The Balaban J connectivity index is 3.84. The van der Waals surface area contributed by atoms with Crippen LogP contribution < -0.4 is 22.9 Å². The minimum absolute atomic E-state index is 0.131. The maximum absolute atomic E-state index is 6.19. The smallest absolute Gasteiger partial charge is 0.0167 e. The predicted molar refractivity (Wildman–Crippen MR) is 57.2 cm³/mol. The van der Waals surface area contributed by atoms with Crippen LogP contribution in [0.5, 0.6) is 0 Å². The quantitative estimate of drug-likeness (QED) is 0.412. The number of hydrogen-bond acceptors (Lipinski definition) is 4. The van der Waals surface area contributed by atoms with Crippen molar-refractivity contribution in [3.05, 3.63) is 0 Å². The van der Waals surface area contributed by atoms with Gasteiger partial charge in [-0.2, -0.15) is 0 Å². The molecule has 0 amide bonds. The molecule has 0 spiro atoms. The molecule has 0 atom stereocenters. The summed E-state index contributed by atoms with van der Waals surface area (Å²) in [5.41, 5.74) is 22.5. The van der Waals surface area contributed by atoms with E-state index in [9.17, 15) is 0 Å². The van der Waals surface area contributed by atoms with E-state index >= 15 is 0 Å². The maximum Gasteiger partial charge on any atom is 0.0167 e. The summed E-state index contributed by atoms with van der Waals surface area (Å²) in [6, 6.07) is 0. The molecule has 4 nitrogen and oxygen atoms in total. The predicted octanol–water partition coefficient (Wildman–Crippen LogP) is -0.489. The minimum Gasteiger partial charge on any atom is -0.330 e. The molecule has 0 aromatic carbocycles. The lowest BCUT2D eigenvalue weighted by atomic mass is 9.86. The standard InChI is InChI=1S/C9H24N4/c10-6-1-3-9(13,5-8-12)4-2-7-11/h1-8,10-13H2. The second-order valence-electron chi connectivity index (χ2n) is 3.69. The van der Waals surface area contributed by atoms with Crippen LogP contribution in [0.3, 0.4) is 0 Å². The van der Waals surface area contributed by atoms with Crippen LogP contribution in [0.1, 0.15) is 32.1 Å². The largest absolute Gasteiger partial charge is 0.330 e. The fourth-order valence-corrected chi connectivity index (χ4v) is 1.57. The summed E-state index contributed by atoms with van der Waals surface area (Å²) in [4.78, 5) is 0. The Hall–Kier alpha value is -0.160. The van der Waals surface area contributed by atoms with E-state index in [0.29, 0.717) is 19.6 Å². The highest BCUT2D eigenvalue weighted by atomic mass is 14.8. The molecule has 0 aliphatic rings. The first-order valence-electron chi connectivity index (χ1n) is 5.07. The number of hydrogen-bond donors (Lipinski definition) is 4. The van der Waals surface area contributed by atoms with Crippen LogP contribution in [-0.4, -0.2) is 25.2 Å². The van der Waals surface area contributed by atoms with Gasteiger partial charge in [-0.05, 0) is 51.7 Å². The zero-order valence-corrected chi connectivity index (χ0v) is 8.47. The van der Waals surface area contributed by atoms with Gasteiger partial charge < -0.3 is 22.9 Å². The SMILES string of the molecule is NCCCC(N)(CCN)CCCN. The average Bonchev–Trinajstić information content (AvgIpc) is 2.12. The zero-order valence-electron chi connectivity index (χ0n) is 8.47. The van der Waals surface area contributed by atoms with Crippen molar-refractivity contribution < 1.29 is 0 Å². The van der Waals surface area contributed by atoms with Crippen molar-refractivity contribution in [1.82, 2.24) is 0 Å². The molecule has 0 rings (SSSR count).